The van der Waals surface area contributed by atoms with Crippen molar-refractivity contribution in [2.24, 2.45) is 13.0 Å². The first-order valence-corrected chi connectivity index (χ1v) is 9.15. The van der Waals surface area contributed by atoms with E-state index in [1.807, 2.05) is 12.4 Å². The molecule has 2 aliphatic rings. The van der Waals surface area contributed by atoms with Crippen LogP contribution in [0.2, 0.25) is 0 Å². The van der Waals surface area contributed by atoms with Gasteiger partial charge in [0, 0.05) is 38.6 Å². The largest absolute Gasteiger partial charge is 0.376 e. The van der Waals surface area contributed by atoms with E-state index in [-0.39, 0.29) is 0 Å². The zero-order valence-electron chi connectivity index (χ0n) is 14.5. The van der Waals surface area contributed by atoms with Crippen LogP contribution in [0.25, 0.3) is 0 Å². The molecule has 1 saturated heterocycles. The molecule has 2 aromatic rings. The molecule has 0 spiro atoms. The number of aryl methyl sites for hydroxylation is 1. The number of rotatable bonds is 7. The Labute approximate surface area is 144 Å². The molecule has 0 N–H and O–H groups in total. The lowest BCUT2D eigenvalue weighted by Crippen LogP contribution is -2.38. The van der Waals surface area contributed by atoms with Crippen molar-refractivity contribution in [3.05, 3.63) is 54.1 Å². The lowest BCUT2D eigenvalue weighted by atomic mass is 10.0. The smallest absolute Gasteiger partial charge is 0.122 e. The van der Waals surface area contributed by atoms with Gasteiger partial charge in [-0.1, -0.05) is 30.3 Å². The quantitative estimate of drug-likeness (QED) is 0.784. The van der Waals surface area contributed by atoms with Gasteiger partial charge < -0.3 is 9.30 Å². The first-order valence-electron chi connectivity index (χ1n) is 9.15. The number of imidazole rings is 1. The molecule has 0 unspecified atom stereocenters. The maximum atomic E-state index is 6.32. The summed E-state index contributed by atoms with van der Waals surface area (Å²) < 4.78 is 8.45. The molecular formula is C20H27N3O. The average molecular weight is 325 g/mol. The van der Waals surface area contributed by atoms with Gasteiger partial charge in [0.2, 0.25) is 0 Å². The predicted octanol–water partition coefficient (Wildman–Crippen LogP) is 3.03. The normalized spacial score (nSPS) is 24.5. The van der Waals surface area contributed by atoms with Gasteiger partial charge in [-0.2, -0.15) is 0 Å². The Morgan fingerprint density at radius 3 is 2.71 bits per heavy atom. The van der Waals surface area contributed by atoms with Crippen molar-refractivity contribution in [1.29, 1.82) is 0 Å². The molecule has 1 saturated carbocycles. The van der Waals surface area contributed by atoms with E-state index in [1.54, 1.807) is 0 Å². The highest BCUT2D eigenvalue weighted by molar-refractivity contribution is 5.17. The van der Waals surface area contributed by atoms with E-state index >= 15 is 0 Å². The van der Waals surface area contributed by atoms with Crippen LogP contribution in [0, 0.1) is 5.92 Å². The van der Waals surface area contributed by atoms with Crippen LogP contribution in [0.5, 0.6) is 0 Å². The number of ether oxygens (including phenoxy) is 1. The molecule has 0 bridgehead atoms. The summed E-state index contributed by atoms with van der Waals surface area (Å²) in [7, 11) is 2.08. The number of likely N-dealkylation sites (tertiary alicyclic amines) is 1. The van der Waals surface area contributed by atoms with Gasteiger partial charge >= 0.3 is 0 Å². The molecule has 0 amide bonds. The van der Waals surface area contributed by atoms with Crippen molar-refractivity contribution < 1.29 is 4.74 Å². The fraction of sp³-hybridized carbons (Fsp3) is 0.550. The van der Waals surface area contributed by atoms with Crippen molar-refractivity contribution in [1.82, 2.24) is 14.5 Å². The van der Waals surface area contributed by atoms with E-state index in [0.29, 0.717) is 12.1 Å². The summed E-state index contributed by atoms with van der Waals surface area (Å²) in [6.45, 7) is 2.95. The summed E-state index contributed by atoms with van der Waals surface area (Å²) in [4.78, 5) is 7.07. The average Bonchev–Trinajstić information content (AvgIpc) is 3.24. The highest BCUT2D eigenvalue weighted by Gasteiger charge is 2.36. The van der Waals surface area contributed by atoms with Crippen LogP contribution in [-0.4, -0.2) is 39.7 Å². The summed E-state index contributed by atoms with van der Waals surface area (Å²) in [5, 5.41) is 0. The van der Waals surface area contributed by atoms with Crippen LogP contribution in [-0.2, 0) is 24.8 Å². The minimum absolute atomic E-state index is 0.353. The zero-order chi connectivity index (χ0) is 16.4. The molecule has 4 rings (SSSR count). The Bertz CT molecular complexity index is 650. The van der Waals surface area contributed by atoms with Crippen LogP contribution in [0.4, 0.5) is 0 Å². The van der Waals surface area contributed by atoms with Crippen molar-refractivity contribution in [2.75, 3.05) is 13.2 Å². The Balaban J connectivity index is 1.47. The lowest BCUT2D eigenvalue weighted by Gasteiger charge is -2.28. The van der Waals surface area contributed by atoms with Crippen LogP contribution in [0.3, 0.4) is 0 Å². The first-order chi connectivity index (χ1) is 11.8. The van der Waals surface area contributed by atoms with E-state index < -0.39 is 0 Å². The molecule has 4 heteroatoms. The molecule has 1 aromatic heterocycles. The summed E-state index contributed by atoms with van der Waals surface area (Å²) in [6, 6.07) is 11.3. The molecule has 2 atom stereocenters. The highest BCUT2D eigenvalue weighted by atomic mass is 16.5. The highest BCUT2D eigenvalue weighted by Crippen LogP contribution is 2.32. The van der Waals surface area contributed by atoms with Gasteiger partial charge in [-0.15, -0.1) is 0 Å². The molecule has 2 heterocycles. The van der Waals surface area contributed by atoms with Gasteiger partial charge in [0.15, 0.2) is 0 Å². The van der Waals surface area contributed by atoms with E-state index in [0.717, 1.165) is 44.3 Å². The van der Waals surface area contributed by atoms with Crippen molar-refractivity contribution in [2.45, 2.75) is 44.4 Å². The fourth-order valence-corrected chi connectivity index (χ4v) is 3.67. The van der Waals surface area contributed by atoms with Gasteiger partial charge in [0.05, 0.1) is 12.6 Å². The second-order valence-corrected chi connectivity index (χ2v) is 7.29. The van der Waals surface area contributed by atoms with Gasteiger partial charge in [-0.05, 0) is 37.2 Å². The summed E-state index contributed by atoms with van der Waals surface area (Å²) in [5.74, 6) is 1.96. The molecular weight excluding hydrogens is 298 g/mol. The SMILES string of the molecule is Cn1ccnc1CN1CC[C@H](OCC2CC2)[C@@H]1Cc1ccccc1. The molecule has 1 aliphatic carbocycles. The topological polar surface area (TPSA) is 30.3 Å². The van der Waals surface area contributed by atoms with E-state index in [4.69, 9.17) is 4.74 Å². The van der Waals surface area contributed by atoms with Gasteiger partial charge in [-0.3, -0.25) is 4.90 Å². The maximum Gasteiger partial charge on any atom is 0.122 e. The third kappa shape index (κ3) is 3.70. The van der Waals surface area contributed by atoms with Crippen molar-refractivity contribution in [3.8, 4) is 0 Å². The van der Waals surface area contributed by atoms with Crippen LogP contribution in [0.1, 0.15) is 30.7 Å². The van der Waals surface area contributed by atoms with Gasteiger partial charge in [0.1, 0.15) is 5.82 Å². The molecule has 1 aliphatic heterocycles. The van der Waals surface area contributed by atoms with Crippen LogP contribution < -0.4 is 0 Å². The van der Waals surface area contributed by atoms with Crippen molar-refractivity contribution >= 4 is 0 Å². The molecule has 128 valence electrons. The number of nitrogens with zero attached hydrogens (tertiary/aromatic N) is 3. The summed E-state index contributed by atoms with van der Waals surface area (Å²) in [5.41, 5.74) is 1.40. The Kier molecular flexibility index (Phi) is 4.67. The number of hydrogen-bond donors (Lipinski definition) is 0. The minimum Gasteiger partial charge on any atom is -0.376 e. The Morgan fingerprint density at radius 2 is 2.00 bits per heavy atom. The third-order valence-corrected chi connectivity index (χ3v) is 5.40. The Morgan fingerprint density at radius 1 is 1.17 bits per heavy atom. The molecule has 1 aromatic carbocycles. The monoisotopic (exact) mass is 325 g/mol. The Hall–Kier alpha value is -1.65. The molecule has 24 heavy (non-hydrogen) atoms. The zero-order valence-corrected chi connectivity index (χ0v) is 14.5. The number of aromatic nitrogens is 2. The molecule has 0 radical (unpaired) electrons. The molecule has 2 fully saturated rings. The molecule has 4 nitrogen and oxygen atoms in total. The van der Waals surface area contributed by atoms with Gasteiger partial charge in [-0.25, -0.2) is 4.98 Å². The fourth-order valence-electron chi connectivity index (χ4n) is 3.67. The van der Waals surface area contributed by atoms with E-state index in [2.05, 4.69) is 51.8 Å². The van der Waals surface area contributed by atoms with Crippen molar-refractivity contribution in [3.63, 3.8) is 0 Å². The van der Waals surface area contributed by atoms with Crippen LogP contribution >= 0.6 is 0 Å². The lowest BCUT2D eigenvalue weighted by molar-refractivity contribution is 0.0192. The maximum absolute atomic E-state index is 6.32. The van der Waals surface area contributed by atoms with Gasteiger partial charge in [0.25, 0.3) is 0 Å². The second kappa shape index (κ2) is 7.08. The second-order valence-electron chi connectivity index (χ2n) is 7.29. The first kappa shape index (κ1) is 15.9. The number of hydrogen-bond acceptors (Lipinski definition) is 3. The van der Waals surface area contributed by atoms with E-state index in [9.17, 15) is 0 Å². The summed E-state index contributed by atoms with van der Waals surface area (Å²) in [6.07, 6.45) is 9.17. The van der Waals surface area contributed by atoms with E-state index in [1.165, 1.54) is 18.4 Å². The predicted molar refractivity (Wildman–Crippen MR) is 94.6 cm³/mol. The van der Waals surface area contributed by atoms with Crippen LogP contribution in [0.15, 0.2) is 42.7 Å². The summed E-state index contributed by atoms with van der Waals surface area (Å²) >= 11 is 0. The number of benzene rings is 1. The minimum atomic E-state index is 0.353. The third-order valence-electron chi connectivity index (χ3n) is 5.40. The standard InChI is InChI=1S/C20H27N3O/c1-22-12-10-21-20(22)14-23-11-9-19(24-15-17-7-8-17)18(23)13-16-5-3-2-4-6-16/h2-6,10,12,17-19H,7-9,11,13-15H2,1H3/t18-,19-/m0/s1.